The lowest BCUT2D eigenvalue weighted by Crippen LogP contribution is -2.36. The largest absolute Gasteiger partial charge is 0.243 e. The number of aromatic nitrogens is 2. The Kier molecular flexibility index (Phi) is 4.30. The third-order valence-electron chi connectivity index (χ3n) is 4.56. The van der Waals surface area contributed by atoms with Gasteiger partial charge in [-0.1, -0.05) is 42.5 Å². The van der Waals surface area contributed by atoms with Crippen LogP contribution < -0.4 is 0 Å². The Bertz CT molecular complexity index is 1050. The van der Waals surface area contributed by atoms with E-state index in [1.54, 1.807) is 24.4 Å². The highest BCUT2D eigenvalue weighted by Crippen LogP contribution is 2.25. The molecule has 0 aliphatic carbocycles. The molecule has 0 bridgehead atoms. The molecule has 0 unspecified atom stereocenters. The Balaban J connectivity index is 1.62. The van der Waals surface area contributed by atoms with E-state index in [0.717, 1.165) is 22.4 Å². The molecule has 4 rings (SSSR count). The van der Waals surface area contributed by atoms with Gasteiger partial charge in [-0.3, -0.25) is 0 Å². The van der Waals surface area contributed by atoms with Crippen molar-refractivity contribution in [2.45, 2.75) is 24.8 Å². The molecule has 2 heterocycles. The van der Waals surface area contributed by atoms with E-state index in [-0.39, 0.29) is 0 Å². The summed E-state index contributed by atoms with van der Waals surface area (Å²) in [6.45, 7) is 2.62. The van der Waals surface area contributed by atoms with Crippen molar-refractivity contribution in [3.63, 3.8) is 0 Å². The summed E-state index contributed by atoms with van der Waals surface area (Å²) in [5.41, 5.74) is 3.69. The van der Waals surface area contributed by atoms with E-state index >= 15 is 0 Å². The number of fused-ring (bicyclic) bond motifs is 1. The minimum atomic E-state index is -3.51. The number of sulfonamides is 1. The van der Waals surface area contributed by atoms with Crippen LogP contribution in [0.5, 0.6) is 0 Å². The molecule has 1 aliphatic rings. The van der Waals surface area contributed by atoms with Crippen molar-refractivity contribution < 1.29 is 8.42 Å². The lowest BCUT2D eigenvalue weighted by Gasteiger charge is -2.27. The molecular weight excluding hydrogens is 346 g/mol. The molecule has 1 aromatic heterocycles. The summed E-state index contributed by atoms with van der Waals surface area (Å²) in [5.74, 6) is 0.680. The lowest BCUT2D eigenvalue weighted by atomic mass is 10.1. The van der Waals surface area contributed by atoms with Crippen molar-refractivity contribution in [1.29, 1.82) is 0 Å². The first-order valence-corrected chi connectivity index (χ1v) is 9.95. The molecule has 0 saturated carbocycles. The van der Waals surface area contributed by atoms with E-state index in [0.29, 0.717) is 30.2 Å². The summed E-state index contributed by atoms with van der Waals surface area (Å²) in [4.78, 5) is 9.42. The summed E-state index contributed by atoms with van der Waals surface area (Å²) < 4.78 is 27.4. The maximum absolute atomic E-state index is 12.9. The van der Waals surface area contributed by atoms with E-state index < -0.39 is 10.0 Å². The fourth-order valence-electron chi connectivity index (χ4n) is 3.15. The van der Waals surface area contributed by atoms with Gasteiger partial charge in [0, 0.05) is 36.8 Å². The lowest BCUT2D eigenvalue weighted by molar-refractivity contribution is 0.387. The van der Waals surface area contributed by atoms with E-state index in [4.69, 9.17) is 0 Å². The second-order valence-electron chi connectivity index (χ2n) is 6.44. The zero-order valence-electron chi connectivity index (χ0n) is 14.5. The molecule has 0 fully saturated rings. The fraction of sp³-hybridized carbons (Fsp3) is 0.200. The van der Waals surface area contributed by atoms with E-state index in [9.17, 15) is 8.42 Å². The molecule has 0 saturated heterocycles. The number of nitrogens with zero attached hydrogens (tertiary/aromatic N) is 3. The quantitative estimate of drug-likeness (QED) is 0.715. The molecule has 0 N–H and O–H groups in total. The molecule has 0 atom stereocenters. The second-order valence-corrected chi connectivity index (χ2v) is 8.37. The summed E-state index contributed by atoms with van der Waals surface area (Å²) in [6, 6.07) is 16.8. The highest BCUT2D eigenvalue weighted by Gasteiger charge is 2.29. The van der Waals surface area contributed by atoms with Crippen LogP contribution >= 0.6 is 0 Å². The van der Waals surface area contributed by atoms with E-state index in [1.165, 1.54) is 4.31 Å². The Morgan fingerprint density at radius 3 is 2.62 bits per heavy atom. The second kappa shape index (κ2) is 6.63. The minimum Gasteiger partial charge on any atom is -0.236 e. The molecule has 6 heteroatoms. The molecule has 0 amide bonds. The van der Waals surface area contributed by atoms with Crippen LogP contribution in [0, 0.1) is 6.92 Å². The summed E-state index contributed by atoms with van der Waals surface area (Å²) >= 11 is 0. The SMILES string of the molecule is Cc1cccc(S(=O)(=O)N2CCc3nc(-c4ccccc4)ncc3C2)c1. The normalized spacial score (nSPS) is 14.8. The van der Waals surface area contributed by atoms with Crippen LogP contribution in [0.3, 0.4) is 0 Å². The predicted octanol–water partition coefficient (Wildman–Crippen LogP) is 3.20. The van der Waals surface area contributed by atoms with Gasteiger partial charge in [0.1, 0.15) is 0 Å². The predicted molar refractivity (Wildman–Crippen MR) is 99.9 cm³/mol. The third-order valence-corrected chi connectivity index (χ3v) is 6.40. The van der Waals surface area contributed by atoms with Crippen molar-refractivity contribution in [2.24, 2.45) is 0 Å². The third kappa shape index (κ3) is 3.13. The van der Waals surface area contributed by atoms with Crippen molar-refractivity contribution in [3.8, 4) is 11.4 Å². The van der Waals surface area contributed by atoms with Gasteiger partial charge in [0.25, 0.3) is 0 Å². The average Bonchev–Trinajstić information content (AvgIpc) is 2.68. The molecule has 0 radical (unpaired) electrons. The van der Waals surface area contributed by atoms with Gasteiger partial charge in [-0.05, 0) is 24.6 Å². The van der Waals surface area contributed by atoms with Crippen molar-refractivity contribution in [1.82, 2.24) is 14.3 Å². The zero-order valence-corrected chi connectivity index (χ0v) is 15.3. The van der Waals surface area contributed by atoms with Crippen LogP contribution in [0.2, 0.25) is 0 Å². The number of hydrogen-bond acceptors (Lipinski definition) is 4. The molecule has 26 heavy (non-hydrogen) atoms. The van der Waals surface area contributed by atoms with Crippen LogP contribution in [-0.2, 0) is 23.0 Å². The van der Waals surface area contributed by atoms with Crippen molar-refractivity contribution in [3.05, 3.63) is 77.6 Å². The van der Waals surface area contributed by atoms with Gasteiger partial charge in [0.15, 0.2) is 5.82 Å². The van der Waals surface area contributed by atoms with Gasteiger partial charge in [-0.15, -0.1) is 0 Å². The van der Waals surface area contributed by atoms with Gasteiger partial charge >= 0.3 is 0 Å². The Morgan fingerprint density at radius 1 is 1.04 bits per heavy atom. The Labute approximate surface area is 153 Å². The van der Waals surface area contributed by atoms with E-state index in [2.05, 4.69) is 9.97 Å². The molecule has 132 valence electrons. The van der Waals surface area contributed by atoms with Gasteiger partial charge in [0.2, 0.25) is 10.0 Å². The van der Waals surface area contributed by atoms with Gasteiger partial charge in [-0.25, -0.2) is 18.4 Å². The number of aryl methyl sites for hydroxylation is 1. The maximum Gasteiger partial charge on any atom is 0.243 e. The van der Waals surface area contributed by atoms with Crippen LogP contribution in [0.25, 0.3) is 11.4 Å². The first-order valence-electron chi connectivity index (χ1n) is 8.51. The molecule has 0 spiro atoms. The molecule has 2 aromatic carbocycles. The molecule has 1 aliphatic heterocycles. The fourth-order valence-corrected chi connectivity index (χ4v) is 4.67. The zero-order chi connectivity index (χ0) is 18.1. The Morgan fingerprint density at radius 2 is 1.85 bits per heavy atom. The van der Waals surface area contributed by atoms with Gasteiger partial charge in [-0.2, -0.15) is 4.31 Å². The highest BCUT2D eigenvalue weighted by molar-refractivity contribution is 7.89. The van der Waals surface area contributed by atoms with Crippen LogP contribution in [0.1, 0.15) is 16.8 Å². The van der Waals surface area contributed by atoms with Crippen molar-refractivity contribution in [2.75, 3.05) is 6.54 Å². The molecular formula is C20H19N3O2S. The van der Waals surface area contributed by atoms with Crippen LogP contribution in [-0.4, -0.2) is 29.2 Å². The number of rotatable bonds is 3. The van der Waals surface area contributed by atoms with Crippen molar-refractivity contribution >= 4 is 10.0 Å². The maximum atomic E-state index is 12.9. The number of benzene rings is 2. The topological polar surface area (TPSA) is 63.2 Å². The first kappa shape index (κ1) is 16.9. The van der Waals surface area contributed by atoms with Crippen LogP contribution in [0.4, 0.5) is 0 Å². The van der Waals surface area contributed by atoms with Crippen LogP contribution in [0.15, 0.2) is 65.7 Å². The minimum absolute atomic E-state index is 0.306. The summed E-state index contributed by atoms with van der Waals surface area (Å²) in [7, 11) is -3.51. The molecule has 5 nitrogen and oxygen atoms in total. The standard InChI is InChI=1S/C20H19N3O2S/c1-15-6-5-9-18(12-15)26(24,25)23-11-10-19-17(14-23)13-21-20(22-19)16-7-3-2-4-8-16/h2-9,12-13H,10-11,14H2,1H3. The molecule has 3 aromatic rings. The monoisotopic (exact) mass is 365 g/mol. The highest BCUT2D eigenvalue weighted by atomic mass is 32.2. The smallest absolute Gasteiger partial charge is 0.236 e. The number of hydrogen-bond donors (Lipinski definition) is 0. The van der Waals surface area contributed by atoms with E-state index in [1.807, 2.05) is 43.3 Å². The summed E-state index contributed by atoms with van der Waals surface area (Å²) in [5, 5.41) is 0. The van der Waals surface area contributed by atoms with Gasteiger partial charge in [0.05, 0.1) is 10.6 Å². The summed E-state index contributed by atoms with van der Waals surface area (Å²) in [6.07, 6.45) is 2.34. The average molecular weight is 365 g/mol. The Hall–Kier alpha value is -2.57. The first-order chi connectivity index (χ1) is 12.5. The van der Waals surface area contributed by atoms with Gasteiger partial charge < -0.3 is 0 Å².